The number of ether oxygens (including phenoxy) is 1. The van der Waals surface area contributed by atoms with Gasteiger partial charge in [0.15, 0.2) is 0 Å². The Bertz CT molecular complexity index is 332. The zero-order valence-electron chi connectivity index (χ0n) is 9.24. The van der Waals surface area contributed by atoms with Crippen molar-refractivity contribution in [2.75, 3.05) is 6.54 Å². The molecule has 0 heterocycles. The lowest BCUT2D eigenvalue weighted by molar-refractivity contribution is 0.00239. The third kappa shape index (κ3) is 3.61. The molecule has 2 nitrogen and oxygen atoms in total. The molecule has 0 saturated heterocycles. The van der Waals surface area contributed by atoms with Crippen LogP contribution in [0.15, 0.2) is 24.3 Å². The van der Waals surface area contributed by atoms with Crippen LogP contribution in [0.25, 0.3) is 0 Å². The van der Waals surface area contributed by atoms with Crippen LogP contribution in [0, 0.1) is 0 Å². The Hall–Kier alpha value is -0.870. The highest BCUT2D eigenvalue weighted by atomic mass is 35.5. The maximum atomic E-state index is 13.4. The van der Waals surface area contributed by atoms with Crippen molar-refractivity contribution in [1.29, 1.82) is 0 Å². The fourth-order valence-corrected chi connectivity index (χ4v) is 1.24. The molecule has 16 heavy (non-hydrogen) atoms. The van der Waals surface area contributed by atoms with Crippen LogP contribution in [0.5, 0.6) is 5.75 Å². The number of nitrogens with two attached hydrogens (primary N) is 1. The van der Waals surface area contributed by atoms with Gasteiger partial charge in [-0.05, 0) is 26.0 Å². The van der Waals surface area contributed by atoms with Crippen LogP contribution in [0.1, 0.15) is 19.4 Å². The molecule has 0 aliphatic heterocycles. The molecule has 0 aliphatic carbocycles. The predicted octanol–water partition coefficient (Wildman–Crippen LogP) is 2.95. The first-order valence-corrected chi connectivity index (χ1v) is 4.81. The molecule has 0 spiro atoms. The van der Waals surface area contributed by atoms with E-state index < -0.39 is 12.5 Å². The van der Waals surface area contributed by atoms with Crippen molar-refractivity contribution in [2.45, 2.75) is 25.9 Å². The molecule has 0 aliphatic rings. The number of para-hydroxylation sites is 1. The lowest BCUT2D eigenvalue weighted by Gasteiger charge is -2.19. The Labute approximate surface area is 100 Å². The largest absolute Gasteiger partial charge is 0.490 e. The fraction of sp³-hybridized carbons (Fsp3) is 0.455. The van der Waals surface area contributed by atoms with Crippen LogP contribution in [0.2, 0.25) is 0 Å². The summed E-state index contributed by atoms with van der Waals surface area (Å²) < 4.78 is 32.1. The van der Waals surface area contributed by atoms with Crippen LogP contribution in [-0.2, 0) is 5.92 Å². The topological polar surface area (TPSA) is 35.2 Å². The molecule has 0 aromatic heterocycles. The zero-order chi connectivity index (χ0) is 11.5. The van der Waals surface area contributed by atoms with E-state index in [9.17, 15) is 8.78 Å². The fourth-order valence-electron chi connectivity index (χ4n) is 1.24. The number of alkyl halides is 2. The monoisotopic (exact) mass is 251 g/mol. The highest BCUT2D eigenvalue weighted by Crippen LogP contribution is 2.34. The minimum atomic E-state index is -3.04. The van der Waals surface area contributed by atoms with Crippen molar-refractivity contribution >= 4 is 12.4 Å². The lowest BCUT2D eigenvalue weighted by Crippen LogP contribution is -2.26. The van der Waals surface area contributed by atoms with Gasteiger partial charge in [-0.3, -0.25) is 0 Å². The molecule has 0 unspecified atom stereocenters. The molecule has 92 valence electrons. The van der Waals surface area contributed by atoms with Gasteiger partial charge in [-0.15, -0.1) is 12.4 Å². The maximum Gasteiger partial charge on any atom is 0.288 e. The van der Waals surface area contributed by atoms with Gasteiger partial charge in [0.2, 0.25) is 0 Å². The van der Waals surface area contributed by atoms with Crippen LogP contribution in [0.4, 0.5) is 8.78 Å². The summed E-state index contributed by atoms with van der Waals surface area (Å²) in [5, 5.41) is 0. The number of hydrogen-bond acceptors (Lipinski definition) is 2. The second-order valence-corrected chi connectivity index (χ2v) is 3.57. The molecule has 0 atom stereocenters. The molecular formula is C11H16ClF2NO. The van der Waals surface area contributed by atoms with E-state index in [1.165, 1.54) is 12.1 Å². The Morgan fingerprint density at radius 1 is 1.31 bits per heavy atom. The molecule has 0 fully saturated rings. The van der Waals surface area contributed by atoms with Gasteiger partial charge in [-0.2, -0.15) is 8.78 Å². The van der Waals surface area contributed by atoms with Gasteiger partial charge < -0.3 is 10.5 Å². The van der Waals surface area contributed by atoms with Crippen LogP contribution in [-0.4, -0.2) is 12.6 Å². The highest BCUT2D eigenvalue weighted by Gasteiger charge is 2.32. The number of benzene rings is 1. The van der Waals surface area contributed by atoms with Crippen LogP contribution >= 0.6 is 12.4 Å². The molecule has 1 aromatic carbocycles. The highest BCUT2D eigenvalue weighted by molar-refractivity contribution is 5.85. The minimum Gasteiger partial charge on any atom is -0.490 e. The summed E-state index contributed by atoms with van der Waals surface area (Å²) in [4.78, 5) is 0. The standard InChI is InChI=1S/C11H15F2NO.ClH/c1-8(2)15-10-6-4-3-5-9(10)11(12,13)7-14;/h3-6,8H,7,14H2,1-2H3;1H. The van der Waals surface area contributed by atoms with Crippen molar-refractivity contribution < 1.29 is 13.5 Å². The van der Waals surface area contributed by atoms with Crippen molar-refractivity contribution in [1.82, 2.24) is 0 Å². The SMILES string of the molecule is CC(C)Oc1ccccc1C(F)(F)CN.Cl. The summed E-state index contributed by atoms with van der Waals surface area (Å²) in [6, 6.07) is 6.07. The Kier molecular flexibility index (Phi) is 5.68. The molecule has 0 bridgehead atoms. The van der Waals surface area contributed by atoms with E-state index in [0.717, 1.165) is 0 Å². The number of rotatable bonds is 4. The van der Waals surface area contributed by atoms with Crippen molar-refractivity contribution in [2.24, 2.45) is 5.73 Å². The molecule has 0 amide bonds. The van der Waals surface area contributed by atoms with Crippen molar-refractivity contribution in [3.63, 3.8) is 0 Å². The summed E-state index contributed by atoms with van der Waals surface area (Å²) in [5.74, 6) is -2.84. The third-order valence-corrected chi connectivity index (χ3v) is 1.90. The normalized spacial score (nSPS) is 11.1. The van der Waals surface area contributed by atoms with E-state index in [-0.39, 0.29) is 29.8 Å². The average molecular weight is 252 g/mol. The molecule has 1 rings (SSSR count). The van der Waals surface area contributed by atoms with Gasteiger partial charge in [0.25, 0.3) is 5.92 Å². The molecule has 1 aromatic rings. The van der Waals surface area contributed by atoms with Crippen LogP contribution in [0.3, 0.4) is 0 Å². The zero-order valence-corrected chi connectivity index (χ0v) is 10.1. The minimum absolute atomic E-state index is 0. The Balaban J connectivity index is 0.00000225. The predicted molar refractivity (Wildman–Crippen MR) is 62.4 cm³/mol. The quantitative estimate of drug-likeness (QED) is 0.893. The van der Waals surface area contributed by atoms with Gasteiger partial charge in [-0.25, -0.2) is 0 Å². The van der Waals surface area contributed by atoms with Gasteiger partial charge in [-0.1, -0.05) is 12.1 Å². The van der Waals surface area contributed by atoms with Gasteiger partial charge in [0.05, 0.1) is 18.2 Å². The number of halogens is 3. The molecular weight excluding hydrogens is 236 g/mol. The smallest absolute Gasteiger partial charge is 0.288 e. The summed E-state index contributed by atoms with van der Waals surface area (Å²) >= 11 is 0. The van der Waals surface area contributed by atoms with Crippen molar-refractivity contribution in [3.05, 3.63) is 29.8 Å². The van der Waals surface area contributed by atoms with Gasteiger partial charge in [0, 0.05) is 0 Å². The van der Waals surface area contributed by atoms with Crippen LogP contribution < -0.4 is 10.5 Å². The first kappa shape index (κ1) is 15.1. The molecule has 5 heteroatoms. The van der Waals surface area contributed by atoms with E-state index in [0.29, 0.717) is 0 Å². The molecule has 0 radical (unpaired) electrons. The van der Waals surface area contributed by atoms with E-state index >= 15 is 0 Å². The van der Waals surface area contributed by atoms with Crippen molar-refractivity contribution in [3.8, 4) is 5.75 Å². The van der Waals surface area contributed by atoms with E-state index in [4.69, 9.17) is 10.5 Å². The van der Waals surface area contributed by atoms with E-state index in [2.05, 4.69) is 0 Å². The second kappa shape index (κ2) is 6.01. The Morgan fingerprint density at radius 3 is 2.38 bits per heavy atom. The van der Waals surface area contributed by atoms with Gasteiger partial charge >= 0.3 is 0 Å². The summed E-state index contributed by atoms with van der Waals surface area (Å²) in [5.41, 5.74) is 4.88. The first-order chi connectivity index (χ1) is 6.97. The second-order valence-electron chi connectivity index (χ2n) is 3.57. The number of hydrogen-bond donors (Lipinski definition) is 1. The van der Waals surface area contributed by atoms with Gasteiger partial charge in [0.1, 0.15) is 5.75 Å². The lowest BCUT2D eigenvalue weighted by atomic mass is 10.1. The third-order valence-electron chi connectivity index (χ3n) is 1.90. The molecule has 0 saturated carbocycles. The summed E-state index contributed by atoms with van der Waals surface area (Å²) in [6.45, 7) is 2.86. The average Bonchev–Trinajstić information content (AvgIpc) is 2.17. The maximum absolute atomic E-state index is 13.4. The Morgan fingerprint density at radius 2 is 1.88 bits per heavy atom. The van der Waals surface area contributed by atoms with E-state index in [1.807, 2.05) is 0 Å². The molecule has 2 N–H and O–H groups in total. The summed E-state index contributed by atoms with van der Waals surface area (Å²) in [7, 11) is 0. The first-order valence-electron chi connectivity index (χ1n) is 4.81. The summed E-state index contributed by atoms with van der Waals surface area (Å²) in [6.07, 6.45) is -0.139. The van der Waals surface area contributed by atoms with E-state index in [1.54, 1.807) is 26.0 Å².